The molecule has 1 heterocycles. The van der Waals surface area contributed by atoms with E-state index in [1.54, 1.807) is 6.07 Å². The summed E-state index contributed by atoms with van der Waals surface area (Å²) in [6, 6.07) is 4.76. The van der Waals surface area contributed by atoms with Gasteiger partial charge in [-0.1, -0.05) is 11.6 Å². The highest BCUT2D eigenvalue weighted by molar-refractivity contribution is 6.31. The van der Waals surface area contributed by atoms with Crippen LogP contribution in [0.5, 0.6) is 0 Å². The van der Waals surface area contributed by atoms with Crippen LogP contribution in [0, 0.1) is 5.92 Å². The minimum Gasteiger partial charge on any atom is -0.366 e. The number of halogens is 4. The van der Waals surface area contributed by atoms with Crippen LogP contribution >= 0.6 is 11.6 Å². The van der Waals surface area contributed by atoms with Crippen molar-refractivity contribution < 1.29 is 13.2 Å². The van der Waals surface area contributed by atoms with E-state index in [-0.39, 0.29) is 11.1 Å². The van der Waals surface area contributed by atoms with Crippen molar-refractivity contribution in [3.8, 4) is 0 Å². The molecule has 6 heteroatoms. The SMILES string of the molecule is CC1CNC(C2CC2)CN1c1ccc(Cl)c(C(F)(F)F)c1. The maximum Gasteiger partial charge on any atom is 0.417 e. The molecule has 1 aliphatic carbocycles. The average Bonchev–Trinajstić information content (AvgIpc) is 3.23. The van der Waals surface area contributed by atoms with Crippen molar-refractivity contribution in [2.24, 2.45) is 5.92 Å². The summed E-state index contributed by atoms with van der Waals surface area (Å²) in [4.78, 5) is 2.06. The van der Waals surface area contributed by atoms with Crippen LogP contribution < -0.4 is 10.2 Å². The number of piperazine rings is 1. The van der Waals surface area contributed by atoms with Crippen molar-refractivity contribution in [3.63, 3.8) is 0 Å². The number of alkyl halides is 3. The molecule has 2 atom stereocenters. The molecule has 0 spiro atoms. The molecular weight excluding hydrogens is 301 g/mol. The fourth-order valence-electron chi connectivity index (χ4n) is 2.97. The van der Waals surface area contributed by atoms with Crippen molar-refractivity contribution in [1.29, 1.82) is 0 Å². The third-order valence-corrected chi connectivity index (χ3v) is 4.71. The predicted molar refractivity (Wildman–Crippen MR) is 77.8 cm³/mol. The number of nitrogens with one attached hydrogen (secondary N) is 1. The van der Waals surface area contributed by atoms with E-state index in [0.29, 0.717) is 17.6 Å². The van der Waals surface area contributed by atoms with E-state index >= 15 is 0 Å². The highest BCUT2D eigenvalue weighted by atomic mass is 35.5. The van der Waals surface area contributed by atoms with E-state index in [9.17, 15) is 13.2 Å². The Morgan fingerprint density at radius 3 is 2.62 bits per heavy atom. The molecule has 0 aromatic heterocycles. The van der Waals surface area contributed by atoms with Gasteiger partial charge >= 0.3 is 6.18 Å². The van der Waals surface area contributed by atoms with Crippen LogP contribution in [0.15, 0.2) is 18.2 Å². The van der Waals surface area contributed by atoms with Gasteiger partial charge in [-0.25, -0.2) is 0 Å². The van der Waals surface area contributed by atoms with Gasteiger partial charge in [-0.15, -0.1) is 0 Å². The molecule has 0 amide bonds. The number of hydrogen-bond acceptors (Lipinski definition) is 2. The van der Waals surface area contributed by atoms with Gasteiger partial charge in [-0.05, 0) is 43.9 Å². The van der Waals surface area contributed by atoms with Crippen LogP contribution in [-0.4, -0.2) is 25.2 Å². The van der Waals surface area contributed by atoms with Gasteiger partial charge in [0.1, 0.15) is 0 Å². The number of hydrogen-bond donors (Lipinski definition) is 1. The van der Waals surface area contributed by atoms with Crippen LogP contribution in [0.1, 0.15) is 25.3 Å². The lowest BCUT2D eigenvalue weighted by Crippen LogP contribution is -2.56. The monoisotopic (exact) mass is 318 g/mol. The highest BCUT2D eigenvalue weighted by Gasteiger charge is 2.37. The molecule has 1 saturated heterocycles. The molecule has 2 unspecified atom stereocenters. The highest BCUT2D eigenvalue weighted by Crippen LogP contribution is 2.39. The summed E-state index contributed by atoms with van der Waals surface area (Å²) in [6.45, 7) is 3.58. The summed E-state index contributed by atoms with van der Waals surface area (Å²) in [5.74, 6) is 0.675. The molecular formula is C15H18ClF3N2. The minimum absolute atomic E-state index is 0.169. The molecule has 2 aliphatic rings. The Kier molecular flexibility index (Phi) is 3.82. The minimum atomic E-state index is -4.42. The van der Waals surface area contributed by atoms with Crippen molar-refractivity contribution in [3.05, 3.63) is 28.8 Å². The summed E-state index contributed by atoms with van der Waals surface area (Å²) in [7, 11) is 0. The van der Waals surface area contributed by atoms with Gasteiger partial charge < -0.3 is 10.2 Å². The summed E-state index contributed by atoms with van der Waals surface area (Å²) in [5.41, 5.74) is -0.151. The van der Waals surface area contributed by atoms with E-state index < -0.39 is 11.7 Å². The lowest BCUT2D eigenvalue weighted by Gasteiger charge is -2.41. The molecule has 2 fully saturated rings. The van der Waals surface area contributed by atoms with Crippen molar-refractivity contribution in [2.75, 3.05) is 18.0 Å². The standard InChI is InChI=1S/C15H18ClF3N2/c1-9-7-20-14(10-2-3-10)8-21(9)11-4-5-13(16)12(6-11)15(17,18)19/h4-6,9-10,14,20H,2-3,7-8H2,1H3. The second-order valence-corrected chi connectivity index (χ2v) is 6.42. The number of benzene rings is 1. The molecule has 0 radical (unpaired) electrons. The van der Waals surface area contributed by atoms with Gasteiger partial charge in [0.05, 0.1) is 10.6 Å². The van der Waals surface area contributed by atoms with Crippen LogP contribution in [-0.2, 0) is 6.18 Å². The maximum atomic E-state index is 13.0. The normalized spacial score (nSPS) is 27.0. The van der Waals surface area contributed by atoms with E-state index in [2.05, 4.69) is 10.2 Å². The summed E-state index contributed by atoms with van der Waals surface area (Å²) in [6.07, 6.45) is -1.98. The Hall–Kier alpha value is -0.940. The summed E-state index contributed by atoms with van der Waals surface area (Å²) in [5, 5.41) is 3.25. The lowest BCUT2D eigenvalue weighted by molar-refractivity contribution is -0.137. The molecule has 1 N–H and O–H groups in total. The summed E-state index contributed by atoms with van der Waals surface area (Å²) >= 11 is 5.69. The number of rotatable bonds is 2. The van der Waals surface area contributed by atoms with E-state index in [0.717, 1.165) is 13.1 Å². The Morgan fingerprint density at radius 2 is 2.00 bits per heavy atom. The van der Waals surface area contributed by atoms with E-state index in [1.807, 2.05) is 6.92 Å². The molecule has 2 nitrogen and oxygen atoms in total. The molecule has 1 saturated carbocycles. The van der Waals surface area contributed by atoms with Gasteiger partial charge in [0.2, 0.25) is 0 Å². The first kappa shape index (κ1) is 15.0. The molecule has 1 aromatic carbocycles. The fraction of sp³-hybridized carbons (Fsp3) is 0.600. The largest absolute Gasteiger partial charge is 0.417 e. The van der Waals surface area contributed by atoms with Gasteiger partial charge in [0.15, 0.2) is 0 Å². The Bertz CT molecular complexity index is 528. The Balaban J connectivity index is 1.87. The van der Waals surface area contributed by atoms with Gasteiger partial charge in [-0.3, -0.25) is 0 Å². The van der Waals surface area contributed by atoms with Crippen LogP contribution in [0.4, 0.5) is 18.9 Å². The van der Waals surface area contributed by atoms with E-state index in [1.165, 1.54) is 25.0 Å². The lowest BCUT2D eigenvalue weighted by atomic mass is 10.0. The first-order valence-corrected chi connectivity index (χ1v) is 7.61. The molecule has 1 aliphatic heterocycles. The van der Waals surface area contributed by atoms with Gasteiger partial charge in [0, 0.05) is 30.9 Å². The first-order chi connectivity index (χ1) is 9.86. The number of nitrogens with zero attached hydrogens (tertiary/aromatic N) is 1. The fourth-order valence-corrected chi connectivity index (χ4v) is 3.20. The first-order valence-electron chi connectivity index (χ1n) is 7.23. The smallest absolute Gasteiger partial charge is 0.366 e. The number of anilines is 1. The topological polar surface area (TPSA) is 15.3 Å². The van der Waals surface area contributed by atoms with Gasteiger partial charge in [-0.2, -0.15) is 13.2 Å². The Labute approximate surface area is 127 Å². The Morgan fingerprint density at radius 1 is 1.29 bits per heavy atom. The third-order valence-electron chi connectivity index (χ3n) is 4.38. The second-order valence-electron chi connectivity index (χ2n) is 6.02. The average molecular weight is 319 g/mol. The van der Waals surface area contributed by atoms with E-state index in [4.69, 9.17) is 11.6 Å². The van der Waals surface area contributed by atoms with Crippen LogP contribution in [0.2, 0.25) is 5.02 Å². The quantitative estimate of drug-likeness (QED) is 0.888. The summed E-state index contributed by atoms with van der Waals surface area (Å²) < 4.78 is 39.0. The zero-order chi connectivity index (χ0) is 15.2. The predicted octanol–water partition coefficient (Wildman–Crippen LogP) is 3.94. The molecule has 1 aromatic rings. The zero-order valence-electron chi connectivity index (χ0n) is 11.8. The van der Waals surface area contributed by atoms with Gasteiger partial charge in [0.25, 0.3) is 0 Å². The van der Waals surface area contributed by atoms with Crippen LogP contribution in [0.3, 0.4) is 0 Å². The molecule has 3 rings (SSSR count). The van der Waals surface area contributed by atoms with Crippen LogP contribution in [0.25, 0.3) is 0 Å². The van der Waals surface area contributed by atoms with Crippen molar-refractivity contribution >= 4 is 17.3 Å². The molecule has 21 heavy (non-hydrogen) atoms. The maximum absolute atomic E-state index is 13.0. The van der Waals surface area contributed by atoms with Crippen molar-refractivity contribution in [2.45, 2.75) is 38.0 Å². The zero-order valence-corrected chi connectivity index (χ0v) is 12.5. The molecule has 0 bridgehead atoms. The second kappa shape index (κ2) is 5.36. The molecule has 116 valence electrons. The van der Waals surface area contributed by atoms with Crippen molar-refractivity contribution in [1.82, 2.24) is 5.32 Å². The third kappa shape index (κ3) is 3.14.